The Kier molecular flexibility index (Phi) is 17.5. The van der Waals surface area contributed by atoms with Crippen LogP contribution in [0.1, 0.15) is 0 Å². The quantitative estimate of drug-likeness (QED) is 0.134. The van der Waals surface area contributed by atoms with Gasteiger partial charge in [-0.15, -0.1) is 0 Å². The maximum Gasteiger partial charge on any atom is 0.137 e. The molecule has 7 heterocycles. The monoisotopic (exact) mass is 1690 g/mol. The number of hydrogen-bond donors (Lipinski definition) is 1. The second kappa shape index (κ2) is 30.2. The summed E-state index contributed by atoms with van der Waals surface area (Å²) in [6.45, 7) is 0. The van der Waals surface area contributed by atoms with Crippen LogP contribution >= 0.6 is 23.2 Å². The van der Waals surface area contributed by atoms with Crippen LogP contribution in [0.4, 0.5) is 45.5 Å². The molecular formula is C116H69Cl2N3O7. The molecule has 0 aliphatic rings. The van der Waals surface area contributed by atoms with Crippen molar-refractivity contribution in [1.29, 1.82) is 0 Å². The fraction of sp³-hybridized carbons (Fsp3) is 0. The summed E-state index contributed by atoms with van der Waals surface area (Å²) < 4.78 is 44.0. The van der Waals surface area contributed by atoms with Gasteiger partial charge >= 0.3 is 0 Å². The lowest BCUT2D eigenvalue weighted by atomic mass is 9.99. The van der Waals surface area contributed by atoms with Gasteiger partial charge in [0.2, 0.25) is 0 Å². The summed E-state index contributed by atoms with van der Waals surface area (Å²) >= 11 is 12.2. The van der Waals surface area contributed by atoms with E-state index in [-0.39, 0.29) is 0 Å². The molecule has 0 unspecified atom stereocenters. The highest BCUT2D eigenvalue weighted by Crippen LogP contribution is 2.49. The third-order valence-electron chi connectivity index (χ3n) is 24.8. The van der Waals surface area contributed by atoms with E-state index >= 15 is 0 Å². The predicted molar refractivity (Wildman–Crippen MR) is 531 cm³/mol. The van der Waals surface area contributed by atoms with Crippen LogP contribution in [0, 0.1) is 0 Å². The van der Waals surface area contributed by atoms with Gasteiger partial charge < -0.3 is 46.0 Å². The number of rotatable bonds is 11. The lowest BCUT2D eigenvalue weighted by molar-refractivity contribution is 0.631. The maximum absolute atomic E-state index is 6.77. The molecule has 0 aliphatic heterocycles. The van der Waals surface area contributed by atoms with Crippen molar-refractivity contribution < 1.29 is 30.9 Å². The number of nitrogens with one attached hydrogen (secondary N) is 1. The van der Waals surface area contributed by atoms with E-state index in [4.69, 9.17) is 54.1 Å². The van der Waals surface area contributed by atoms with Crippen molar-refractivity contribution in [3.05, 3.63) is 423 Å². The lowest BCUT2D eigenvalue weighted by Gasteiger charge is -2.25. The largest absolute Gasteiger partial charge is 0.456 e. The van der Waals surface area contributed by atoms with Gasteiger partial charge in [-0.25, -0.2) is 0 Å². The van der Waals surface area contributed by atoms with Crippen molar-refractivity contribution in [2.75, 3.05) is 15.1 Å². The average Bonchev–Trinajstić information content (AvgIpc) is 1.57. The van der Waals surface area contributed by atoms with E-state index in [0.717, 1.165) is 243 Å². The number of halogens is 2. The fourth-order valence-electron chi connectivity index (χ4n) is 18.8. The first-order chi connectivity index (χ1) is 63.1. The zero-order chi connectivity index (χ0) is 84.6. The molecule has 0 spiro atoms. The van der Waals surface area contributed by atoms with Crippen LogP contribution in [0.2, 0.25) is 10.0 Å². The van der Waals surface area contributed by atoms with E-state index in [1.54, 1.807) is 0 Å². The molecule has 0 saturated carbocycles. The Bertz CT molecular complexity index is 8600. The normalized spacial score (nSPS) is 11.8. The Hall–Kier alpha value is -16.5. The minimum absolute atomic E-state index is 0.668. The summed E-state index contributed by atoms with van der Waals surface area (Å²) in [5.41, 5.74) is 20.9. The van der Waals surface area contributed by atoms with Gasteiger partial charge in [0.25, 0.3) is 0 Å². The van der Waals surface area contributed by atoms with Crippen LogP contribution in [-0.2, 0) is 0 Å². The van der Waals surface area contributed by atoms with Gasteiger partial charge in [0.05, 0.1) is 0 Å². The fourth-order valence-corrected chi connectivity index (χ4v) is 19.1. The molecule has 0 radical (unpaired) electrons. The Morgan fingerprint density at radius 1 is 0.172 bits per heavy atom. The summed E-state index contributed by atoms with van der Waals surface area (Å²) in [6.07, 6.45) is 0. The van der Waals surface area contributed by atoms with Gasteiger partial charge in [-0.2, -0.15) is 0 Å². The van der Waals surface area contributed by atoms with Crippen molar-refractivity contribution in [3.63, 3.8) is 0 Å². The molecule has 27 rings (SSSR count). The number of anilines is 8. The molecule has 0 bridgehead atoms. The van der Waals surface area contributed by atoms with E-state index in [1.165, 1.54) is 10.8 Å². The van der Waals surface area contributed by atoms with E-state index < -0.39 is 0 Å². The highest BCUT2D eigenvalue weighted by molar-refractivity contribution is 6.34. The van der Waals surface area contributed by atoms with E-state index in [2.05, 4.69) is 306 Å². The number of para-hydroxylation sites is 6. The Balaban J connectivity index is 0.000000137. The molecule has 7 aromatic heterocycles. The van der Waals surface area contributed by atoms with Crippen LogP contribution in [0.25, 0.3) is 208 Å². The number of hydrogen-bond acceptors (Lipinski definition) is 10. The molecule has 1 N–H and O–H groups in total. The third kappa shape index (κ3) is 13.0. The van der Waals surface area contributed by atoms with E-state index in [9.17, 15) is 0 Å². The molecule has 10 nitrogen and oxygen atoms in total. The minimum atomic E-state index is 0.668. The number of nitrogens with zero attached hydrogens (tertiary/aromatic N) is 2. The summed E-state index contributed by atoms with van der Waals surface area (Å²) in [7, 11) is 0. The molecule has 27 aromatic rings. The molecule has 0 aliphatic carbocycles. The first-order valence-electron chi connectivity index (χ1n) is 42.5. The first kappa shape index (κ1) is 74.2. The first-order valence-corrected chi connectivity index (χ1v) is 43.3. The third-order valence-corrected chi connectivity index (χ3v) is 25.2. The molecule has 12 heteroatoms. The SMILES string of the molecule is Clc1ccc2c(c1)oc1ccc3c(ccc4oc5cc(Cl)ccc5c43)c12.c1ccc(N(c2ccc3cc(-c4cc5ccccc5o4)ccc3c2)c2ccc3c(c2)oc2ccc4c(ccc5oc6cc(N(c7ccccc7)c7ccc8cc(-c9cc%10ccccc%10o9)ccc8c7)ccc6c54)c23)cc1.c1ccc(Nc2ccc3cc(-c4cc5ccccc5o4)ccc3c2)cc1. The van der Waals surface area contributed by atoms with Crippen LogP contribution < -0.4 is 15.1 Å². The molecule has 20 aromatic carbocycles. The maximum atomic E-state index is 6.77. The van der Waals surface area contributed by atoms with Crippen molar-refractivity contribution >= 4 is 243 Å². The smallest absolute Gasteiger partial charge is 0.137 e. The standard InChI is InChI=1S/C70H42N2O4.C24H17NO.C22H10Cl2O2/c1-3-13-51(14-4-1)71(53-25-23-43-35-49(21-19-45(43)37-53)65-39-47-11-7-9-17-61(47)73-65)55-27-29-59-67(41-55)75-63-33-31-58-57(69(59)63)32-34-64-70(58)60-30-28-56(42-68(60)76-64)72(52-15-5-2-6-16-52)54-26-24-44-36-50(22-20-46(44)38-54)66-40-48-12-8-10-18-62(48)74-66;1-2-7-21(8-3-1)25-22-13-12-17-14-20(11-10-18(17)15-22)24-16-19-6-4-5-9-23(19)26-24;23-11-1-3-15-19(9-11)25-17-7-6-14-13(21(15)17)5-8-18-22(14)16-4-2-12(24)10-20(16)26-18/h1-42H;1-16,25H;1-10H. The zero-order valence-corrected chi connectivity index (χ0v) is 69.8. The lowest BCUT2D eigenvalue weighted by Crippen LogP contribution is -2.09. The Labute approximate surface area is 740 Å². The van der Waals surface area contributed by atoms with Crippen LogP contribution in [-0.4, -0.2) is 0 Å². The van der Waals surface area contributed by atoms with Gasteiger partial charge in [-0.3, -0.25) is 0 Å². The predicted octanol–water partition coefficient (Wildman–Crippen LogP) is 35.7. The van der Waals surface area contributed by atoms with E-state index in [0.29, 0.717) is 10.0 Å². The van der Waals surface area contributed by atoms with Crippen molar-refractivity contribution in [2.24, 2.45) is 0 Å². The summed E-state index contributed by atoms with van der Waals surface area (Å²) in [5.74, 6) is 2.63. The Morgan fingerprint density at radius 2 is 0.469 bits per heavy atom. The van der Waals surface area contributed by atoms with E-state index in [1.807, 2.05) is 121 Å². The van der Waals surface area contributed by atoms with Gasteiger partial charge in [0.1, 0.15) is 78.7 Å². The van der Waals surface area contributed by atoms with Gasteiger partial charge in [0.15, 0.2) is 0 Å². The van der Waals surface area contributed by atoms with Crippen molar-refractivity contribution in [3.8, 4) is 34.0 Å². The van der Waals surface area contributed by atoms with Crippen LogP contribution in [0.5, 0.6) is 0 Å². The topological polar surface area (TPSA) is 110 Å². The number of benzene rings is 20. The molecule has 604 valence electrons. The zero-order valence-electron chi connectivity index (χ0n) is 68.3. The molecule has 0 amide bonds. The molecule has 0 fully saturated rings. The highest BCUT2D eigenvalue weighted by Gasteiger charge is 2.24. The second-order valence-corrected chi connectivity index (χ2v) is 33.4. The number of furan rings is 7. The van der Waals surface area contributed by atoms with Gasteiger partial charge in [-0.05, 0) is 278 Å². The molecule has 0 atom stereocenters. The average molecular weight is 1690 g/mol. The summed E-state index contributed by atoms with van der Waals surface area (Å²) in [5, 5.41) is 28.1. The molecule has 128 heavy (non-hydrogen) atoms. The van der Waals surface area contributed by atoms with Crippen LogP contribution in [0.3, 0.4) is 0 Å². The second-order valence-electron chi connectivity index (χ2n) is 32.5. The van der Waals surface area contributed by atoms with Crippen molar-refractivity contribution in [1.82, 2.24) is 0 Å². The molecular weight excluding hydrogens is 1620 g/mol. The van der Waals surface area contributed by atoms with Crippen molar-refractivity contribution in [2.45, 2.75) is 0 Å². The van der Waals surface area contributed by atoms with Gasteiger partial charge in [-0.1, -0.05) is 187 Å². The highest BCUT2D eigenvalue weighted by atomic mass is 35.5. The number of fused-ring (bicyclic) bond motifs is 24. The Morgan fingerprint density at radius 3 is 0.852 bits per heavy atom. The summed E-state index contributed by atoms with van der Waals surface area (Å²) in [6, 6.07) is 143. The summed E-state index contributed by atoms with van der Waals surface area (Å²) in [4.78, 5) is 4.59. The minimum Gasteiger partial charge on any atom is -0.456 e. The van der Waals surface area contributed by atoms with Crippen LogP contribution in [0.15, 0.2) is 443 Å². The van der Waals surface area contributed by atoms with Gasteiger partial charge in [0, 0.05) is 156 Å². The molecule has 0 saturated heterocycles.